The molecule has 0 saturated carbocycles. The Morgan fingerprint density at radius 3 is 2.11 bits per heavy atom. The van der Waals surface area contributed by atoms with Gasteiger partial charge in [-0.25, -0.2) is 0 Å². The molecule has 3 nitrogen and oxygen atoms in total. The molecule has 0 amide bonds. The Kier molecular flexibility index (Phi) is 13.1. The normalized spacial score (nSPS) is 18.6. The lowest BCUT2D eigenvalue weighted by Gasteiger charge is -2.29. The van der Waals surface area contributed by atoms with Crippen molar-refractivity contribution in [2.24, 2.45) is 11.8 Å². The number of ether oxygens (including phenoxy) is 3. The molecule has 0 aromatic heterocycles. The molecule has 1 aliphatic rings. The zero-order valence-corrected chi connectivity index (χ0v) is 22.8. The summed E-state index contributed by atoms with van der Waals surface area (Å²) in [5.74, 6) is 2.25. The topological polar surface area (TPSA) is 27.7 Å². The maximum Gasteiger partial charge on any atom is 0.183 e. The Bertz CT molecular complexity index is 834. The molecule has 0 aliphatic carbocycles. The van der Waals surface area contributed by atoms with Crippen molar-refractivity contribution >= 4 is 0 Å². The maximum absolute atomic E-state index is 6.08. The highest BCUT2D eigenvalue weighted by atomic mass is 16.7. The quantitative estimate of drug-likeness (QED) is 0.162. The summed E-state index contributed by atoms with van der Waals surface area (Å²) in [6, 6.07) is 17.0. The predicted octanol–water partition coefficient (Wildman–Crippen LogP) is 9.53. The van der Waals surface area contributed by atoms with Crippen LogP contribution in [0, 0.1) is 11.8 Å². The molecule has 0 N–H and O–H groups in total. The smallest absolute Gasteiger partial charge is 0.183 e. The van der Waals surface area contributed by atoms with Crippen molar-refractivity contribution in [1.29, 1.82) is 0 Å². The van der Waals surface area contributed by atoms with E-state index in [0.717, 1.165) is 49.9 Å². The summed E-state index contributed by atoms with van der Waals surface area (Å²) >= 11 is 0. The van der Waals surface area contributed by atoms with E-state index in [1.54, 1.807) is 0 Å². The minimum absolute atomic E-state index is 0.244. The minimum Gasteiger partial charge on any atom is -0.494 e. The molecule has 0 bridgehead atoms. The molecule has 3 rings (SSSR count). The fraction of sp³-hybridized carbons (Fsp3) is 0.576. The van der Waals surface area contributed by atoms with Gasteiger partial charge in [0.2, 0.25) is 0 Å². The summed E-state index contributed by atoms with van der Waals surface area (Å²) in [4.78, 5) is 0. The Labute approximate surface area is 220 Å². The minimum atomic E-state index is -0.244. The molecule has 2 aromatic rings. The van der Waals surface area contributed by atoms with Crippen molar-refractivity contribution in [3.05, 3.63) is 66.7 Å². The molecule has 198 valence electrons. The van der Waals surface area contributed by atoms with Crippen LogP contribution < -0.4 is 4.74 Å². The molecule has 0 radical (unpaired) electrons. The highest BCUT2D eigenvalue weighted by Crippen LogP contribution is 2.30. The van der Waals surface area contributed by atoms with Gasteiger partial charge in [-0.2, -0.15) is 0 Å². The largest absolute Gasteiger partial charge is 0.494 e. The molecule has 1 atom stereocenters. The average molecular weight is 493 g/mol. The van der Waals surface area contributed by atoms with Gasteiger partial charge in [0.05, 0.1) is 19.8 Å². The van der Waals surface area contributed by atoms with Crippen LogP contribution in [-0.4, -0.2) is 19.8 Å². The second kappa shape index (κ2) is 16.6. The van der Waals surface area contributed by atoms with E-state index in [1.807, 2.05) is 6.08 Å². The van der Waals surface area contributed by atoms with Crippen LogP contribution in [0.5, 0.6) is 5.75 Å². The van der Waals surface area contributed by atoms with Gasteiger partial charge in [-0.15, -0.1) is 6.58 Å². The summed E-state index contributed by atoms with van der Waals surface area (Å²) in [6.45, 7) is 10.7. The zero-order valence-electron chi connectivity index (χ0n) is 22.8. The van der Waals surface area contributed by atoms with Crippen molar-refractivity contribution < 1.29 is 14.2 Å². The molecule has 0 spiro atoms. The maximum atomic E-state index is 6.08. The Balaban J connectivity index is 1.34. The van der Waals surface area contributed by atoms with Crippen molar-refractivity contribution in [1.82, 2.24) is 0 Å². The van der Waals surface area contributed by atoms with Gasteiger partial charge in [-0.1, -0.05) is 94.8 Å². The highest BCUT2D eigenvalue weighted by molar-refractivity contribution is 5.64. The summed E-state index contributed by atoms with van der Waals surface area (Å²) in [5, 5.41) is 0. The molecule has 36 heavy (non-hydrogen) atoms. The first-order valence-electron chi connectivity index (χ1n) is 14.4. The van der Waals surface area contributed by atoms with E-state index in [1.165, 1.54) is 68.9 Å². The van der Waals surface area contributed by atoms with Gasteiger partial charge in [-0.3, -0.25) is 0 Å². The van der Waals surface area contributed by atoms with Crippen LogP contribution >= 0.6 is 0 Å². The lowest BCUT2D eigenvalue weighted by atomic mass is 10.00. The van der Waals surface area contributed by atoms with Crippen molar-refractivity contribution in [3.63, 3.8) is 0 Å². The highest BCUT2D eigenvalue weighted by Gasteiger charge is 2.23. The first kappa shape index (κ1) is 28.5. The van der Waals surface area contributed by atoms with E-state index in [0.29, 0.717) is 5.92 Å². The van der Waals surface area contributed by atoms with Crippen LogP contribution in [0.25, 0.3) is 11.1 Å². The number of hydrogen-bond donors (Lipinski definition) is 0. The van der Waals surface area contributed by atoms with Crippen molar-refractivity contribution in [3.8, 4) is 16.9 Å². The second-order valence-corrected chi connectivity index (χ2v) is 10.5. The van der Waals surface area contributed by atoms with E-state index in [9.17, 15) is 0 Å². The van der Waals surface area contributed by atoms with Crippen molar-refractivity contribution in [2.75, 3.05) is 19.8 Å². The van der Waals surface area contributed by atoms with Gasteiger partial charge in [-0.05, 0) is 61.3 Å². The van der Waals surface area contributed by atoms with Gasteiger partial charge in [0.15, 0.2) is 6.29 Å². The molecule has 2 aromatic carbocycles. The molecule has 1 saturated heterocycles. The van der Waals surface area contributed by atoms with Crippen LogP contribution in [0.4, 0.5) is 0 Å². The van der Waals surface area contributed by atoms with Gasteiger partial charge in [0.1, 0.15) is 5.75 Å². The number of allylic oxidation sites excluding steroid dienone is 1. The third kappa shape index (κ3) is 10.1. The summed E-state index contributed by atoms with van der Waals surface area (Å²) in [7, 11) is 0. The third-order valence-electron chi connectivity index (χ3n) is 7.41. The standard InChI is InChI=1S/C33H48O3/c1-4-6-7-8-9-10-11-12-15-28-25-35-33(36-26-28)31-18-16-29(17-19-31)30-20-22-32(23-21-30)34-24-13-14-27(3)5-2/h4,16-23,27-28,33H,1,5-15,24-26H2,2-3H3. The molecule has 1 unspecified atom stereocenters. The Morgan fingerprint density at radius 1 is 0.861 bits per heavy atom. The third-order valence-corrected chi connectivity index (χ3v) is 7.41. The van der Waals surface area contributed by atoms with Gasteiger partial charge in [0, 0.05) is 11.5 Å². The fourth-order valence-corrected chi connectivity index (χ4v) is 4.73. The van der Waals surface area contributed by atoms with Crippen LogP contribution in [0.3, 0.4) is 0 Å². The Hall–Kier alpha value is -2.10. The van der Waals surface area contributed by atoms with E-state index in [2.05, 4.69) is 69.0 Å². The molecular formula is C33H48O3. The summed E-state index contributed by atoms with van der Waals surface area (Å²) in [5.41, 5.74) is 3.48. The van der Waals surface area contributed by atoms with Crippen LogP contribution in [-0.2, 0) is 9.47 Å². The molecule has 1 heterocycles. The molecular weight excluding hydrogens is 444 g/mol. The number of benzene rings is 2. The molecule has 1 fully saturated rings. The number of rotatable bonds is 17. The van der Waals surface area contributed by atoms with Crippen LogP contribution in [0.2, 0.25) is 0 Å². The average Bonchev–Trinajstić information content (AvgIpc) is 2.93. The van der Waals surface area contributed by atoms with Gasteiger partial charge < -0.3 is 14.2 Å². The summed E-state index contributed by atoms with van der Waals surface area (Å²) in [6.07, 6.45) is 15.6. The van der Waals surface area contributed by atoms with Gasteiger partial charge in [0.25, 0.3) is 0 Å². The number of unbranched alkanes of at least 4 members (excludes halogenated alkanes) is 6. The lowest BCUT2D eigenvalue weighted by molar-refractivity contribution is -0.206. The van der Waals surface area contributed by atoms with Gasteiger partial charge >= 0.3 is 0 Å². The first-order valence-corrected chi connectivity index (χ1v) is 14.4. The lowest BCUT2D eigenvalue weighted by Crippen LogP contribution is -2.27. The summed E-state index contributed by atoms with van der Waals surface area (Å²) < 4.78 is 18.1. The van der Waals surface area contributed by atoms with Crippen molar-refractivity contribution in [2.45, 2.75) is 90.8 Å². The molecule has 1 aliphatic heterocycles. The predicted molar refractivity (Wildman–Crippen MR) is 151 cm³/mol. The van der Waals surface area contributed by atoms with E-state index >= 15 is 0 Å². The zero-order chi connectivity index (χ0) is 25.4. The number of hydrogen-bond acceptors (Lipinski definition) is 3. The Morgan fingerprint density at radius 2 is 1.47 bits per heavy atom. The van der Waals surface area contributed by atoms with Crippen LogP contribution in [0.1, 0.15) is 96.3 Å². The van der Waals surface area contributed by atoms with E-state index < -0.39 is 0 Å². The SMILES string of the molecule is C=CCCCCCCCCC1COC(c2ccc(-c3ccc(OCCCC(C)CC)cc3)cc2)OC1. The first-order chi connectivity index (χ1) is 17.7. The fourth-order valence-electron chi connectivity index (χ4n) is 4.73. The second-order valence-electron chi connectivity index (χ2n) is 10.5. The van der Waals surface area contributed by atoms with Crippen LogP contribution in [0.15, 0.2) is 61.2 Å². The molecule has 3 heteroatoms. The van der Waals surface area contributed by atoms with E-state index in [-0.39, 0.29) is 6.29 Å². The monoisotopic (exact) mass is 492 g/mol. The van der Waals surface area contributed by atoms with E-state index in [4.69, 9.17) is 14.2 Å².